The Morgan fingerprint density at radius 1 is 1.10 bits per heavy atom. The highest BCUT2D eigenvalue weighted by Gasteiger charge is 2.25. The Bertz CT molecular complexity index is 526. The number of rotatable bonds is 7. The number of halogens is 1. The Morgan fingerprint density at radius 3 is 2.47 bits per heavy atom. The highest BCUT2D eigenvalue weighted by Crippen LogP contribution is 2.23. The number of carbonyl (C=O) groups is 1. The molecule has 2 aliphatic heterocycles. The van der Waals surface area contributed by atoms with E-state index in [9.17, 15) is 4.79 Å². The average molecular weight is 536 g/mol. The van der Waals surface area contributed by atoms with Gasteiger partial charge in [0, 0.05) is 40.3 Å². The Hall–Kier alpha value is -0.610. The fourth-order valence-corrected chi connectivity index (χ4v) is 4.43. The first-order valence-electron chi connectivity index (χ1n) is 11.6. The average Bonchev–Trinajstić information content (AvgIpc) is 3.27. The molecule has 3 fully saturated rings. The van der Waals surface area contributed by atoms with Gasteiger partial charge in [-0.15, -0.1) is 24.0 Å². The molecule has 2 heterocycles. The van der Waals surface area contributed by atoms with Crippen molar-refractivity contribution in [2.45, 2.75) is 70.0 Å². The number of likely N-dealkylation sites (tertiary alicyclic amines) is 1. The monoisotopic (exact) mass is 536 g/mol. The third kappa shape index (κ3) is 8.49. The van der Waals surface area contributed by atoms with E-state index in [1.165, 1.54) is 32.1 Å². The molecule has 0 spiro atoms. The number of ether oxygens (including phenoxy) is 2. The molecular formula is C22H41IN4O3. The highest BCUT2D eigenvalue weighted by atomic mass is 127. The zero-order valence-electron chi connectivity index (χ0n) is 18.8. The van der Waals surface area contributed by atoms with E-state index in [0.717, 1.165) is 70.4 Å². The second-order valence-electron chi connectivity index (χ2n) is 8.97. The number of aliphatic imine (C=N–C) groups is 1. The van der Waals surface area contributed by atoms with Gasteiger partial charge in [-0.1, -0.05) is 19.3 Å². The molecule has 1 atom stereocenters. The van der Waals surface area contributed by atoms with Crippen molar-refractivity contribution in [1.29, 1.82) is 0 Å². The van der Waals surface area contributed by atoms with Crippen LogP contribution in [0.25, 0.3) is 0 Å². The van der Waals surface area contributed by atoms with Crippen molar-refractivity contribution < 1.29 is 14.3 Å². The maximum Gasteiger partial charge on any atom is 0.243 e. The number of guanidine groups is 1. The van der Waals surface area contributed by atoms with Crippen molar-refractivity contribution in [1.82, 2.24) is 15.1 Å². The van der Waals surface area contributed by atoms with Crippen LogP contribution in [-0.4, -0.2) is 87.4 Å². The molecule has 30 heavy (non-hydrogen) atoms. The number of hydrogen-bond donors (Lipinski definition) is 1. The summed E-state index contributed by atoms with van der Waals surface area (Å²) in [5.74, 6) is 1.66. The SMILES string of the molecule is CN(C)C(=O)CN=C(NCC1CCCCC1)N1CCC(OCC2CCCO2)CC1.I. The van der Waals surface area contributed by atoms with Gasteiger partial charge >= 0.3 is 0 Å². The van der Waals surface area contributed by atoms with Gasteiger partial charge in [-0.25, -0.2) is 4.99 Å². The van der Waals surface area contributed by atoms with Crippen LogP contribution in [0.2, 0.25) is 0 Å². The largest absolute Gasteiger partial charge is 0.376 e. The fraction of sp³-hybridized carbons (Fsp3) is 0.909. The number of hydrogen-bond acceptors (Lipinski definition) is 4. The number of likely N-dealkylation sites (N-methyl/N-ethyl adjacent to an activating group) is 1. The standard InChI is InChI=1S/C22H40N4O3.HI/c1-25(2)21(27)16-24-22(23-15-18-7-4-3-5-8-18)26-12-10-19(11-13-26)29-17-20-9-6-14-28-20;/h18-20H,3-17H2,1-2H3,(H,23,24);1H. The summed E-state index contributed by atoms with van der Waals surface area (Å²) in [6, 6.07) is 0. The first-order chi connectivity index (χ1) is 14.1. The summed E-state index contributed by atoms with van der Waals surface area (Å²) in [4.78, 5) is 20.6. The van der Waals surface area contributed by atoms with E-state index in [0.29, 0.717) is 12.2 Å². The molecule has 3 aliphatic rings. The minimum absolute atomic E-state index is 0. The number of piperidine rings is 1. The van der Waals surface area contributed by atoms with E-state index >= 15 is 0 Å². The second-order valence-corrected chi connectivity index (χ2v) is 8.97. The van der Waals surface area contributed by atoms with E-state index in [4.69, 9.17) is 9.47 Å². The Balaban J connectivity index is 0.00000320. The normalized spacial score (nSPS) is 23.9. The van der Waals surface area contributed by atoms with Gasteiger partial charge < -0.3 is 24.6 Å². The van der Waals surface area contributed by atoms with Crippen LogP contribution in [0.15, 0.2) is 4.99 Å². The van der Waals surface area contributed by atoms with Gasteiger partial charge in [-0.3, -0.25) is 4.79 Å². The highest BCUT2D eigenvalue weighted by molar-refractivity contribution is 14.0. The van der Waals surface area contributed by atoms with E-state index in [1.807, 2.05) is 0 Å². The van der Waals surface area contributed by atoms with Gasteiger partial charge in [0.1, 0.15) is 6.54 Å². The van der Waals surface area contributed by atoms with Crippen molar-refractivity contribution in [3.05, 3.63) is 0 Å². The van der Waals surface area contributed by atoms with Gasteiger partial charge in [0.2, 0.25) is 5.91 Å². The van der Waals surface area contributed by atoms with Crippen LogP contribution in [0.4, 0.5) is 0 Å². The number of carbonyl (C=O) groups excluding carboxylic acids is 1. The topological polar surface area (TPSA) is 66.4 Å². The first-order valence-corrected chi connectivity index (χ1v) is 11.6. The summed E-state index contributed by atoms with van der Waals surface area (Å²) < 4.78 is 11.8. The quantitative estimate of drug-likeness (QED) is 0.308. The van der Waals surface area contributed by atoms with E-state index in [-0.39, 0.29) is 36.4 Å². The number of nitrogens with zero attached hydrogens (tertiary/aromatic N) is 3. The molecule has 0 radical (unpaired) electrons. The molecule has 174 valence electrons. The lowest BCUT2D eigenvalue weighted by molar-refractivity contribution is -0.127. The summed E-state index contributed by atoms with van der Waals surface area (Å²) in [6.45, 7) is 4.61. The van der Waals surface area contributed by atoms with Gasteiger partial charge in [-0.2, -0.15) is 0 Å². The molecule has 1 amide bonds. The Labute approximate surface area is 199 Å². The fourth-order valence-electron chi connectivity index (χ4n) is 4.43. The predicted molar refractivity (Wildman–Crippen MR) is 131 cm³/mol. The zero-order chi connectivity index (χ0) is 20.5. The van der Waals surface area contributed by atoms with Crippen LogP contribution in [0, 0.1) is 5.92 Å². The number of nitrogens with one attached hydrogen (secondary N) is 1. The van der Waals surface area contributed by atoms with Crippen molar-refractivity contribution in [2.24, 2.45) is 10.9 Å². The zero-order valence-corrected chi connectivity index (χ0v) is 21.1. The van der Waals surface area contributed by atoms with Gasteiger partial charge in [-0.05, 0) is 44.4 Å². The summed E-state index contributed by atoms with van der Waals surface area (Å²) in [5.41, 5.74) is 0. The molecule has 0 aromatic carbocycles. The van der Waals surface area contributed by atoms with E-state index in [2.05, 4.69) is 15.2 Å². The molecule has 1 aliphatic carbocycles. The summed E-state index contributed by atoms with van der Waals surface area (Å²) in [7, 11) is 3.56. The lowest BCUT2D eigenvalue weighted by atomic mass is 9.89. The van der Waals surface area contributed by atoms with Crippen molar-refractivity contribution in [3.8, 4) is 0 Å². The molecule has 0 aromatic heterocycles. The molecule has 0 aromatic rings. The summed E-state index contributed by atoms with van der Waals surface area (Å²) in [6.07, 6.45) is 11.5. The smallest absolute Gasteiger partial charge is 0.243 e. The Kier molecular flexibility index (Phi) is 11.7. The van der Waals surface area contributed by atoms with Gasteiger partial charge in [0.25, 0.3) is 0 Å². The Morgan fingerprint density at radius 2 is 1.83 bits per heavy atom. The van der Waals surface area contributed by atoms with E-state index < -0.39 is 0 Å². The molecule has 8 heteroatoms. The van der Waals surface area contributed by atoms with Crippen LogP contribution in [0.5, 0.6) is 0 Å². The third-order valence-electron chi connectivity index (χ3n) is 6.42. The van der Waals surface area contributed by atoms with Crippen LogP contribution in [-0.2, 0) is 14.3 Å². The molecule has 1 N–H and O–H groups in total. The van der Waals surface area contributed by atoms with E-state index in [1.54, 1.807) is 19.0 Å². The lowest BCUT2D eigenvalue weighted by Crippen LogP contribution is -2.48. The predicted octanol–water partition coefficient (Wildman–Crippen LogP) is 2.88. The van der Waals surface area contributed by atoms with Gasteiger partial charge in [0.05, 0.1) is 18.8 Å². The number of amides is 1. The van der Waals surface area contributed by atoms with Crippen LogP contribution < -0.4 is 5.32 Å². The minimum atomic E-state index is 0. The molecule has 1 unspecified atom stereocenters. The van der Waals surface area contributed by atoms with Crippen LogP contribution >= 0.6 is 24.0 Å². The molecule has 3 rings (SSSR count). The maximum absolute atomic E-state index is 12.0. The van der Waals surface area contributed by atoms with Crippen LogP contribution in [0.1, 0.15) is 57.8 Å². The molecule has 1 saturated carbocycles. The molecular weight excluding hydrogens is 495 g/mol. The van der Waals surface area contributed by atoms with Gasteiger partial charge in [0.15, 0.2) is 5.96 Å². The summed E-state index contributed by atoms with van der Waals surface area (Å²) >= 11 is 0. The van der Waals surface area contributed by atoms with Crippen molar-refractivity contribution in [2.75, 3.05) is 53.5 Å². The lowest BCUT2D eigenvalue weighted by Gasteiger charge is -2.35. The second kappa shape index (κ2) is 13.7. The van der Waals surface area contributed by atoms with Crippen molar-refractivity contribution in [3.63, 3.8) is 0 Å². The van der Waals surface area contributed by atoms with Crippen molar-refractivity contribution >= 4 is 35.8 Å². The summed E-state index contributed by atoms with van der Waals surface area (Å²) in [5, 5.41) is 3.59. The van der Waals surface area contributed by atoms with Crippen LogP contribution in [0.3, 0.4) is 0 Å². The first kappa shape index (κ1) is 25.6. The maximum atomic E-state index is 12.0. The molecule has 7 nitrogen and oxygen atoms in total. The third-order valence-corrected chi connectivity index (χ3v) is 6.42. The molecule has 2 saturated heterocycles. The molecule has 0 bridgehead atoms. The minimum Gasteiger partial charge on any atom is -0.376 e.